The molecule has 24 heavy (non-hydrogen) atoms. The molecule has 0 aliphatic heterocycles. The van der Waals surface area contributed by atoms with E-state index in [2.05, 4.69) is 0 Å². The monoisotopic (exact) mass is 352 g/mol. The number of aryl methyl sites for hydroxylation is 1. The Morgan fingerprint density at radius 3 is 2.38 bits per heavy atom. The Bertz CT molecular complexity index is 772. The van der Waals surface area contributed by atoms with Crippen molar-refractivity contribution in [1.82, 2.24) is 0 Å². The molecule has 130 valence electrons. The Hall–Kier alpha value is -1.76. The van der Waals surface area contributed by atoms with Crippen molar-refractivity contribution in [1.29, 1.82) is 0 Å². The number of hydrogen-bond acceptors (Lipinski definition) is 4. The fourth-order valence-corrected chi connectivity index (χ4v) is 3.17. The van der Waals surface area contributed by atoms with E-state index in [0.29, 0.717) is 5.56 Å². The molecule has 0 aromatic heterocycles. The van der Waals surface area contributed by atoms with Crippen molar-refractivity contribution in [2.75, 3.05) is 6.61 Å². The van der Waals surface area contributed by atoms with Crippen molar-refractivity contribution in [2.24, 2.45) is 5.92 Å². The van der Waals surface area contributed by atoms with E-state index in [1.165, 1.54) is 18.2 Å². The normalized spacial score (nSPS) is 14.3. The highest BCUT2D eigenvalue weighted by Gasteiger charge is 2.21. The number of aliphatic hydroxyl groups is 1. The maximum atomic E-state index is 13.6. The van der Waals surface area contributed by atoms with Crippen LogP contribution < -0.4 is 0 Å². The zero-order valence-electron chi connectivity index (χ0n) is 13.6. The van der Waals surface area contributed by atoms with E-state index in [-0.39, 0.29) is 17.9 Å². The SMILES string of the molecule is Cc1ccc(S(=O)(=O)OCC(C)C(O)Cc2ccccc2F)cc1. The van der Waals surface area contributed by atoms with Gasteiger partial charge in [0.05, 0.1) is 17.6 Å². The Balaban J connectivity index is 1.95. The lowest BCUT2D eigenvalue weighted by Gasteiger charge is -2.19. The van der Waals surface area contributed by atoms with Crippen LogP contribution in [0.2, 0.25) is 0 Å². The summed E-state index contributed by atoms with van der Waals surface area (Å²) in [5.74, 6) is -0.859. The number of halogens is 1. The third-order valence-corrected chi connectivity index (χ3v) is 5.14. The maximum absolute atomic E-state index is 13.6. The van der Waals surface area contributed by atoms with Gasteiger partial charge < -0.3 is 5.11 Å². The molecule has 0 spiro atoms. The number of aliphatic hydroxyl groups excluding tert-OH is 1. The van der Waals surface area contributed by atoms with Crippen molar-refractivity contribution in [2.45, 2.75) is 31.3 Å². The van der Waals surface area contributed by atoms with E-state index >= 15 is 0 Å². The highest BCUT2D eigenvalue weighted by molar-refractivity contribution is 7.86. The quantitative estimate of drug-likeness (QED) is 0.778. The zero-order chi connectivity index (χ0) is 17.7. The standard InChI is InChI=1S/C18H21FO4S/c1-13-7-9-16(10-8-13)24(21,22)23-12-14(2)18(20)11-15-5-3-4-6-17(15)19/h3-10,14,18,20H,11-12H2,1-2H3. The van der Waals surface area contributed by atoms with E-state index in [0.717, 1.165) is 5.56 Å². The predicted octanol–water partition coefficient (Wildman–Crippen LogP) is 3.08. The zero-order valence-corrected chi connectivity index (χ0v) is 14.5. The Labute approximate surface area is 142 Å². The summed E-state index contributed by atoms with van der Waals surface area (Å²) < 4.78 is 42.9. The van der Waals surface area contributed by atoms with Crippen LogP contribution in [0, 0.1) is 18.7 Å². The molecule has 2 aromatic rings. The van der Waals surface area contributed by atoms with Crippen LogP contribution in [0.15, 0.2) is 53.4 Å². The molecule has 6 heteroatoms. The Morgan fingerprint density at radius 1 is 1.12 bits per heavy atom. The van der Waals surface area contributed by atoms with Gasteiger partial charge in [0.25, 0.3) is 10.1 Å². The summed E-state index contributed by atoms with van der Waals surface area (Å²) in [4.78, 5) is 0.0730. The average molecular weight is 352 g/mol. The predicted molar refractivity (Wildman–Crippen MR) is 89.6 cm³/mol. The largest absolute Gasteiger partial charge is 0.392 e. The molecule has 2 atom stereocenters. The molecule has 0 aliphatic carbocycles. The van der Waals surface area contributed by atoms with Crippen LogP contribution in [0.4, 0.5) is 4.39 Å². The second-order valence-corrected chi connectivity index (χ2v) is 7.51. The fraction of sp³-hybridized carbons (Fsp3) is 0.333. The van der Waals surface area contributed by atoms with Crippen LogP contribution >= 0.6 is 0 Å². The molecule has 0 fully saturated rings. The van der Waals surface area contributed by atoms with Crippen molar-refractivity contribution in [3.05, 3.63) is 65.5 Å². The van der Waals surface area contributed by atoms with E-state index in [4.69, 9.17) is 4.18 Å². The summed E-state index contributed by atoms with van der Waals surface area (Å²) in [5, 5.41) is 10.2. The lowest BCUT2D eigenvalue weighted by molar-refractivity contribution is 0.0859. The molecule has 2 aromatic carbocycles. The molecule has 1 N–H and O–H groups in total. The van der Waals surface area contributed by atoms with Gasteiger partial charge in [0.2, 0.25) is 0 Å². The molecule has 0 aliphatic rings. The second-order valence-electron chi connectivity index (χ2n) is 5.89. The van der Waals surface area contributed by atoms with Crippen molar-refractivity contribution in [3.8, 4) is 0 Å². The van der Waals surface area contributed by atoms with Crippen molar-refractivity contribution >= 4 is 10.1 Å². The Morgan fingerprint density at radius 2 is 1.75 bits per heavy atom. The molecule has 0 bridgehead atoms. The van der Waals surface area contributed by atoms with E-state index in [1.807, 2.05) is 6.92 Å². The summed E-state index contributed by atoms with van der Waals surface area (Å²) in [6.07, 6.45) is -0.808. The molecule has 0 radical (unpaired) electrons. The number of rotatable bonds is 7. The van der Waals surface area contributed by atoms with Gasteiger partial charge in [-0.2, -0.15) is 8.42 Å². The molecule has 0 saturated heterocycles. The smallest absolute Gasteiger partial charge is 0.296 e. The highest BCUT2D eigenvalue weighted by atomic mass is 32.2. The summed E-state index contributed by atoms with van der Waals surface area (Å²) in [6, 6.07) is 12.5. The summed E-state index contributed by atoms with van der Waals surface area (Å²) in [7, 11) is -3.87. The molecule has 0 heterocycles. The van der Waals surface area contributed by atoms with Crippen molar-refractivity contribution < 1.29 is 22.1 Å². The van der Waals surface area contributed by atoms with Crippen LogP contribution in [-0.4, -0.2) is 26.2 Å². The van der Waals surface area contributed by atoms with Gasteiger partial charge in [-0.25, -0.2) is 4.39 Å². The van der Waals surface area contributed by atoms with Gasteiger partial charge in [0.1, 0.15) is 5.82 Å². The van der Waals surface area contributed by atoms with E-state index in [9.17, 15) is 17.9 Å². The van der Waals surface area contributed by atoms with Gasteiger partial charge in [0, 0.05) is 12.3 Å². The van der Waals surface area contributed by atoms with Gasteiger partial charge in [0.15, 0.2) is 0 Å². The number of hydrogen-bond donors (Lipinski definition) is 1. The van der Waals surface area contributed by atoms with Crippen molar-refractivity contribution in [3.63, 3.8) is 0 Å². The van der Waals surface area contributed by atoms with Crippen LogP contribution in [0.3, 0.4) is 0 Å². The van der Waals surface area contributed by atoms with Gasteiger partial charge in [-0.1, -0.05) is 42.8 Å². The number of benzene rings is 2. The van der Waals surface area contributed by atoms with Crippen LogP contribution in [0.5, 0.6) is 0 Å². The maximum Gasteiger partial charge on any atom is 0.296 e. The summed E-state index contributed by atoms with van der Waals surface area (Å²) in [6.45, 7) is 3.35. The lowest BCUT2D eigenvalue weighted by atomic mass is 9.98. The van der Waals surface area contributed by atoms with E-state index < -0.39 is 28.0 Å². The first-order valence-corrected chi connectivity index (χ1v) is 9.08. The van der Waals surface area contributed by atoms with Gasteiger partial charge in [-0.3, -0.25) is 4.18 Å². The minimum Gasteiger partial charge on any atom is -0.392 e. The van der Waals surface area contributed by atoms with Gasteiger partial charge >= 0.3 is 0 Å². The minimum atomic E-state index is -3.87. The van der Waals surface area contributed by atoms with Crippen LogP contribution in [0.25, 0.3) is 0 Å². The average Bonchev–Trinajstić information content (AvgIpc) is 2.55. The first kappa shape index (κ1) is 18.6. The lowest BCUT2D eigenvalue weighted by Crippen LogP contribution is -2.26. The molecule has 2 unspecified atom stereocenters. The minimum absolute atomic E-state index is 0.0730. The second kappa shape index (κ2) is 7.88. The molecule has 2 rings (SSSR count). The van der Waals surface area contributed by atoms with Crippen LogP contribution in [0.1, 0.15) is 18.1 Å². The summed E-state index contributed by atoms with van der Waals surface area (Å²) >= 11 is 0. The van der Waals surface area contributed by atoms with Crippen LogP contribution in [-0.2, 0) is 20.7 Å². The molecular weight excluding hydrogens is 331 g/mol. The highest BCUT2D eigenvalue weighted by Crippen LogP contribution is 2.18. The first-order valence-electron chi connectivity index (χ1n) is 7.67. The molecule has 0 saturated carbocycles. The fourth-order valence-electron chi connectivity index (χ4n) is 2.17. The summed E-state index contributed by atoms with van der Waals surface area (Å²) in [5.41, 5.74) is 1.33. The first-order chi connectivity index (χ1) is 11.3. The molecule has 4 nitrogen and oxygen atoms in total. The third kappa shape index (κ3) is 4.87. The van der Waals surface area contributed by atoms with E-state index in [1.54, 1.807) is 37.3 Å². The van der Waals surface area contributed by atoms with Gasteiger partial charge in [-0.05, 0) is 30.7 Å². The topological polar surface area (TPSA) is 63.6 Å². The Kier molecular flexibility index (Phi) is 6.10. The van der Waals surface area contributed by atoms with Gasteiger partial charge in [-0.15, -0.1) is 0 Å². The third-order valence-electron chi connectivity index (χ3n) is 3.84. The molecular formula is C18H21FO4S. The molecule has 0 amide bonds.